The van der Waals surface area contributed by atoms with Gasteiger partial charge in [-0.3, -0.25) is 14.8 Å². The maximum Gasteiger partial charge on any atom is 0.242 e. The minimum atomic E-state index is -0.131. The fourth-order valence-corrected chi connectivity index (χ4v) is 4.04. The minimum absolute atomic E-state index is 0.0145. The zero-order valence-corrected chi connectivity index (χ0v) is 14.4. The number of hydrogen-bond donors (Lipinski definition) is 2. The summed E-state index contributed by atoms with van der Waals surface area (Å²) in [6.45, 7) is 1.43. The molecule has 0 radical (unpaired) electrons. The average molecular weight is 328 g/mol. The summed E-state index contributed by atoms with van der Waals surface area (Å²) in [5.74, 6) is 4.07. The molecule has 24 heavy (non-hydrogen) atoms. The summed E-state index contributed by atoms with van der Waals surface area (Å²) in [4.78, 5) is 14.7. The third-order valence-corrected chi connectivity index (χ3v) is 5.33. The molecule has 1 aliphatic carbocycles. The minimum Gasteiger partial charge on any atom is -0.308 e. The molecule has 2 heterocycles. The van der Waals surface area contributed by atoms with Crippen molar-refractivity contribution in [1.82, 2.24) is 15.1 Å². The first-order chi connectivity index (χ1) is 11.8. The standard InChI is InChI=1S/C19H28N4O/c1-2-11-23-12-7-6-10-17(23)19(24)20-18-14-16(21-22-18)13-15-8-4-3-5-9-15/h1,14-15,17H,3-13H2,(H2,20,21,22,24). The molecule has 130 valence electrons. The summed E-state index contributed by atoms with van der Waals surface area (Å²) in [6.07, 6.45) is 16.2. The molecular weight excluding hydrogens is 300 g/mol. The number of anilines is 1. The molecule has 0 bridgehead atoms. The Bertz CT molecular complexity index is 582. The molecule has 1 amide bonds. The molecule has 1 aromatic heterocycles. The first kappa shape index (κ1) is 17.0. The van der Waals surface area contributed by atoms with Crippen LogP contribution >= 0.6 is 0 Å². The normalized spacial score (nSPS) is 22.9. The highest BCUT2D eigenvalue weighted by Crippen LogP contribution is 2.27. The Hall–Kier alpha value is -1.80. The molecular formula is C19H28N4O. The van der Waals surface area contributed by atoms with Crippen LogP contribution in [0.25, 0.3) is 0 Å². The summed E-state index contributed by atoms with van der Waals surface area (Å²) >= 11 is 0. The summed E-state index contributed by atoms with van der Waals surface area (Å²) in [7, 11) is 0. The zero-order valence-electron chi connectivity index (χ0n) is 14.4. The number of likely N-dealkylation sites (tertiary alicyclic amines) is 1. The quantitative estimate of drug-likeness (QED) is 0.817. The van der Waals surface area contributed by atoms with Gasteiger partial charge in [-0.1, -0.05) is 44.4 Å². The number of hydrogen-bond acceptors (Lipinski definition) is 3. The van der Waals surface area contributed by atoms with Crippen LogP contribution in [-0.2, 0) is 11.2 Å². The lowest BCUT2D eigenvalue weighted by molar-refractivity contribution is -0.122. The van der Waals surface area contributed by atoms with Crippen molar-refractivity contribution in [3.63, 3.8) is 0 Å². The first-order valence-electron chi connectivity index (χ1n) is 9.29. The van der Waals surface area contributed by atoms with E-state index in [9.17, 15) is 4.79 Å². The van der Waals surface area contributed by atoms with Crippen LogP contribution in [0.3, 0.4) is 0 Å². The van der Waals surface area contributed by atoms with Gasteiger partial charge in [0, 0.05) is 11.8 Å². The van der Waals surface area contributed by atoms with Gasteiger partial charge in [0.05, 0.1) is 12.6 Å². The number of H-pyrrole nitrogens is 1. The van der Waals surface area contributed by atoms with E-state index in [1.54, 1.807) is 0 Å². The topological polar surface area (TPSA) is 61.0 Å². The number of rotatable bonds is 5. The predicted molar refractivity (Wildman–Crippen MR) is 95.5 cm³/mol. The summed E-state index contributed by atoms with van der Waals surface area (Å²) < 4.78 is 0. The monoisotopic (exact) mass is 328 g/mol. The number of aromatic nitrogens is 2. The van der Waals surface area contributed by atoms with Crippen molar-refractivity contribution in [3.05, 3.63) is 11.8 Å². The molecule has 1 saturated heterocycles. The Morgan fingerprint density at radius 3 is 2.88 bits per heavy atom. The summed E-state index contributed by atoms with van der Waals surface area (Å²) in [5.41, 5.74) is 1.13. The average Bonchev–Trinajstić information content (AvgIpc) is 3.03. The third kappa shape index (κ3) is 4.39. The molecule has 3 rings (SSSR count). The Labute approximate surface area is 144 Å². The van der Waals surface area contributed by atoms with Crippen molar-refractivity contribution in [1.29, 1.82) is 0 Å². The predicted octanol–water partition coefficient (Wildman–Crippen LogP) is 2.96. The van der Waals surface area contributed by atoms with Gasteiger partial charge in [-0.25, -0.2) is 0 Å². The number of nitrogens with one attached hydrogen (secondary N) is 2. The highest BCUT2D eigenvalue weighted by molar-refractivity contribution is 5.94. The van der Waals surface area contributed by atoms with Gasteiger partial charge < -0.3 is 5.32 Å². The second-order valence-corrected chi connectivity index (χ2v) is 7.16. The van der Waals surface area contributed by atoms with E-state index < -0.39 is 0 Å². The number of carbonyl (C=O) groups is 1. The van der Waals surface area contributed by atoms with E-state index >= 15 is 0 Å². The van der Waals surface area contributed by atoms with Gasteiger partial charge in [-0.2, -0.15) is 5.10 Å². The second kappa shape index (κ2) is 8.34. The van der Waals surface area contributed by atoms with Crippen molar-refractivity contribution in [2.45, 2.75) is 63.8 Å². The van der Waals surface area contributed by atoms with Gasteiger partial charge in [0.1, 0.15) is 0 Å². The smallest absolute Gasteiger partial charge is 0.242 e. The van der Waals surface area contributed by atoms with Crippen LogP contribution in [0.2, 0.25) is 0 Å². The highest BCUT2D eigenvalue weighted by atomic mass is 16.2. The Kier molecular flexibility index (Phi) is 5.92. The van der Waals surface area contributed by atoms with Crippen molar-refractivity contribution in [3.8, 4) is 12.3 Å². The molecule has 1 aromatic rings. The molecule has 1 unspecified atom stereocenters. The summed E-state index contributed by atoms with van der Waals surface area (Å²) in [6, 6.07) is 1.86. The number of piperidine rings is 1. The molecule has 2 N–H and O–H groups in total. The zero-order chi connectivity index (χ0) is 16.8. The van der Waals surface area contributed by atoms with E-state index in [-0.39, 0.29) is 11.9 Å². The lowest BCUT2D eigenvalue weighted by atomic mass is 9.86. The molecule has 0 aromatic carbocycles. The van der Waals surface area contributed by atoms with E-state index in [0.29, 0.717) is 12.4 Å². The van der Waals surface area contributed by atoms with Gasteiger partial charge in [-0.15, -0.1) is 6.42 Å². The number of carbonyl (C=O) groups excluding carboxylic acids is 1. The van der Waals surface area contributed by atoms with E-state index in [4.69, 9.17) is 6.42 Å². The molecule has 2 aliphatic rings. The van der Waals surface area contributed by atoms with E-state index in [1.165, 1.54) is 32.1 Å². The van der Waals surface area contributed by atoms with Crippen LogP contribution in [0.15, 0.2) is 6.07 Å². The van der Waals surface area contributed by atoms with Crippen molar-refractivity contribution in [2.75, 3.05) is 18.4 Å². The van der Waals surface area contributed by atoms with Gasteiger partial charge in [0.2, 0.25) is 5.91 Å². The van der Waals surface area contributed by atoms with Crippen LogP contribution in [-0.4, -0.2) is 40.1 Å². The first-order valence-corrected chi connectivity index (χ1v) is 9.29. The molecule has 1 atom stereocenters. The van der Waals surface area contributed by atoms with Crippen molar-refractivity contribution >= 4 is 11.7 Å². The maximum absolute atomic E-state index is 12.6. The highest BCUT2D eigenvalue weighted by Gasteiger charge is 2.28. The Morgan fingerprint density at radius 1 is 1.29 bits per heavy atom. The number of aromatic amines is 1. The van der Waals surface area contributed by atoms with E-state index in [0.717, 1.165) is 43.8 Å². The second-order valence-electron chi connectivity index (χ2n) is 7.16. The SMILES string of the molecule is C#CCN1CCCCC1C(=O)Nc1cc(CC2CCCCC2)[nH]n1. The molecule has 0 spiro atoms. The largest absolute Gasteiger partial charge is 0.308 e. The third-order valence-electron chi connectivity index (χ3n) is 5.33. The van der Waals surface area contributed by atoms with Gasteiger partial charge in [0.25, 0.3) is 0 Å². The molecule has 1 saturated carbocycles. The number of amides is 1. The molecule has 2 fully saturated rings. The van der Waals surface area contributed by atoms with Gasteiger partial charge >= 0.3 is 0 Å². The van der Waals surface area contributed by atoms with Crippen LogP contribution in [0.4, 0.5) is 5.82 Å². The lowest BCUT2D eigenvalue weighted by Crippen LogP contribution is -2.47. The fraction of sp³-hybridized carbons (Fsp3) is 0.684. The van der Waals surface area contributed by atoms with Crippen LogP contribution in [0.1, 0.15) is 57.1 Å². The number of terminal acetylenes is 1. The Morgan fingerprint density at radius 2 is 2.08 bits per heavy atom. The van der Waals surface area contributed by atoms with Crippen molar-refractivity contribution < 1.29 is 4.79 Å². The molecule has 1 aliphatic heterocycles. The van der Waals surface area contributed by atoms with Gasteiger partial charge in [-0.05, 0) is 31.7 Å². The van der Waals surface area contributed by atoms with Crippen LogP contribution in [0, 0.1) is 18.3 Å². The molecule has 5 heteroatoms. The van der Waals surface area contributed by atoms with Crippen LogP contribution < -0.4 is 5.32 Å². The van der Waals surface area contributed by atoms with Crippen molar-refractivity contribution in [2.24, 2.45) is 5.92 Å². The molecule has 5 nitrogen and oxygen atoms in total. The lowest BCUT2D eigenvalue weighted by Gasteiger charge is -2.32. The fourth-order valence-electron chi connectivity index (χ4n) is 4.04. The van der Waals surface area contributed by atoms with Crippen LogP contribution in [0.5, 0.6) is 0 Å². The Balaban J connectivity index is 1.55. The van der Waals surface area contributed by atoms with E-state index in [1.807, 2.05) is 6.07 Å². The summed E-state index contributed by atoms with van der Waals surface area (Å²) in [5, 5.41) is 10.3. The van der Waals surface area contributed by atoms with E-state index in [2.05, 4.69) is 26.3 Å². The van der Waals surface area contributed by atoms with Gasteiger partial charge in [0.15, 0.2) is 5.82 Å². The maximum atomic E-state index is 12.6. The number of nitrogens with zero attached hydrogens (tertiary/aromatic N) is 2.